The van der Waals surface area contributed by atoms with E-state index < -0.39 is 32.1 Å². The molecule has 1 amide bonds. The Morgan fingerprint density at radius 2 is 1.64 bits per heavy atom. The van der Waals surface area contributed by atoms with Crippen molar-refractivity contribution in [3.8, 4) is 5.75 Å². The average Bonchev–Trinajstić information content (AvgIpc) is 3.48. The number of sulfonamides is 1. The Kier molecular flexibility index (Phi) is 10.9. The van der Waals surface area contributed by atoms with E-state index in [1.54, 1.807) is 12.1 Å². The molecule has 10 nitrogen and oxygen atoms in total. The van der Waals surface area contributed by atoms with Crippen LogP contribution in [-0.2, 0) is 19.9 Å². The molecule has 1 saturated carbocycles. The van der Waals surface area contributed by atoms with Crippen LogP contribution in [0.1, 0.15) is 50.0 Å². The van der Waals surface area contributed by atoms with Crippen LogP contribution in [0.25, 0.3) is 0 Å². The van der Waals surface area contributed by atoms with E-state index >= 15 is 0 Å². The molecular weight excluding hydrogens is 580 g/mol. The number of aliphatic hydroxyl groups is 1. The van der Waals surface area contributed by atoms with Crippen molar-refractivity contribution in [3.63, 3.8) is 0 Å². The lowest BCUT2D eigenvalue weighted by atomic mass is 9.83. The minimum atomic E-state index is -3.98. The van der Waals surface area contributed by atoms with E-state index in [1.807, 2.05) is 30.3 Å². The summed E-state index contributed by atoms with van der Waals surface area (Å²) in [4.78, 5) is 13.6. The van der Waals surface area contributed by atoms with Crippen molar-refractivity contribution in [1.29, 1.82) is 0 Å². The van der Waals surface area contributed by atoms with Crippen molar-refractivity contribution < 1.29 is 36.6 Å². The lowest BCUT2D eigenvalue weighted by Gasteiger charge is -2.35. The number of rotatable bonds is 13. The van der Waals surface area contributed by atoms with Gasteiger partial charge in [0.25, 0.3) is 0 Å². The van der Waals surface area contributed by atoms with Gasteiger partial charge in [-0.05, 0) is 67.3 Å². The van der Waals surface area contributed by atoms with Crippen LogP contribution in [0.5, 0.6) is 5.75 Å². The van der Waals surface area contributed by atoms with Gasteiger partial charge in [-0.1, -0.05) is 43.2 Å². The zero-order valence-corrected chi connectivity index (χ0v) is 25.7. The molecule has 2 aromatic carbocycles. The number of aliphatic hydroxyl groups excluding tert-OH is 1. The van der Waals surface area contributed by atoms with Crippen LogP contribution in [0.3, 0.4) is 0 Å². The predicted octanol–water partition coefficient (Wildman–Crippen LogP) is 3.83. The van der Waals surface area contributed by atoms with Gasteiger partial charge in [-0.3, -0.25) is 0 Å². The largest absolute Gasteiger partial charge is 0.497 e. The number of sulfone groups is 1. The van der Waals surface area contributed by atoms with Crippen LogP contribution in [0.15, 0.2) is 59.5 Å². The Bertz CT molecular complexity index is 1380. The lowest BCUT2D eigenvalue weighted by molar-refractivity contribution is 0.0782. The van der Waals surface area contributed by atoms with E-state index in [9.17, 15) is 31.8 Å². The summed E-state index contributed by atoms with van der Waals surface area (Å²) in [5, 5.41) is 21.3. The van der Waals surface area contributed by atoms with Gasteiger partial charge in [-0.25, -0.2) is 21.6 Å². The fourth-order valence-electron chi connectivity index (χ4n) is 6.27. The number of ether oxygens (including phenoxy) is 1. The normalized spacial score (nSPS) is 20.7. The quantitative estimate of drug-likeness (QED) is 0.344. The Morgan fingerprint density at radius 1 is 0.976 bits per heavy atom. The number of carbonyl (C=O) groups is 1. The highest BCUT2D eigenvalue weighted by Gasteiger charge is 2.35. The molecule has 42 heavy (non-hydrogen) atoms. The third-order valence-corrected chi connectivity index (χ3v) is 12.2. The van der Waals surface area contributed by atoms with Crippen LogP contribution < -0.4 is 4.74 Å². The molecule has 3 atom stereocenters. The number of carboxylic acid groups (broad SMARTS) is 1. The summed E-state index contributed by atoms with van der Waals surface area (Å²) in [7, 11) is -5.71. The minimum Gasteiger partial charge on any atom is -0.497 e. The first-order valence-electron chi connectivity index (χ1n) is 14.5. The molecule has 2 unspecified atom stereocenters. The van der Waals surface area contributed by atoms with Crippen molar-refractivity contribution in [2.75, 3.05) is 44.8 Å². The second kappa shape index (κ2) is 14.2. The van der Waals surface area contributed by atoms with E-state index in [2.05, 4.69) is 0 Å². The van der Waals surface area contributed by atoms with Crippen molar-refractivity contribution in [1.82, 2.24) is 9.21 Å². The maximum absolute atomic E-state index is 13.7. The number of hydrogen-bond donors (Lipinski definition) is 2. The molecule has 2 N–H and O–H groups in total. The minimum absolute atomic E-state index is 0.00948. The first-order chi connectivity index (χ1) is 20.0. The molecule has 2 aliphatic rings. The second-order valence-electron chi connectivity index (χ2n) is 11.5. The monoisotopic (exact) mass is 622 g/mol. The molecule has 2 fully saturated rings. The van der Waals surface area contributed by atoms with Crippen LogP contribution >= 0.6 is 0 Å². The summed E-state index contributed by atoms with van der Waals surface area (Å²) in [6.07, 6.45) is 2.47. The molecule has 0 radical (unpaired) electrons. The molecular formula is C30H42N2O8S2. The van der Waals surface area contributed by atoms with Gasteiger partial charge in [0.15, 0.2) is 9.84 Å². The summed E-state index contributed by atoms with van der Waals surface area (Å²) in [6.45, 7) is -0.338. The van der Waals surface area contributed by atoms with Crippen LogP contribution in [0.4, 0.5) is 4.79 Å². The van der Waals surface area contributed by atoms with Gasteiger partial charge in [0.05, 0.1) is 36.2 Å². The third kappa shape index (κ3) is 8.46. The molecule has 2 aromatic rings. The Hall–Kier alpha value is -2.67. The Morgan fingerprint density at radius 3 is 2.24 bits per heavy atom. The molecule has 1 aliphatic heterocycles. The maximum Gasteiger partial charge on any atom is 0.407 e. The zero-order valence-electron chi connectivity index (χ0n) is 24.0. The number of nitrogens with zero attached hydrogens (tertiary/aromatic N) is 2. The van der Waals surface area contributed by atoms with Crippen LogP contribution in [0, 0.1) is 11.8 Å². The first kappa shape index (κ1) is 32.2. The number of methoxy groups -OCH3 is 1. The SMILES string of the molecule is COc1ccc(S(=O)(=O)N(CC2CCCC2)C[C@@H](O)CN(CC(c2ccccc2)C2CCCS(=O)(=O)C2)C(=O)O)cc1. The van der Waals surface area contributed by atoms with E-state index in [4.69, 9.17) is 4.74 Å². The van der Waals surface area contributed by atoms with Gasteiger partial charge in [-0.15, -0.1) is 0 Å². The molecule has 1 aliphatic carbocycles. The molecule has 0 spiro atoms. The van der Waals surface area contributed by atoms with E-state index in [1.165, 1.54) is 23.5 Å². The van der Waals surface area contributed by atoms with Crippen LogP contribution in [-0.4, -0.2) is 93.2 Å². The van der Waals surface area contributed by atoms with Crippen molar-refractivity contribution in [2.45, 2.75) is 55.4 Å². The van der Waals surface area contributed by atoms with Crippen molar-refractivity contribution in [2.24, 2.45) is 11.8 Å². The van der Waals surface area contributed by atoms with Gasteiger partial charge >= 0.3 is 6.09 Å². The van der Waals surface area contributed by atoms with Gasteiger partial charge in [0.1, 0.15) is 5.75 Å². The highest BCUT2D eigenvalue weighted by molar-refractivity contribution is 7.91. The van der Waals surface area contributed by atoms with Crippen molar-refractivity contribution >= 4 is 26.0 Å². The van der Waals surface area contributed by atoms with Gasteiger partial charge in [0.2, 0.25) is 10.0 Å². The smallest absolute Gasteiger partial charge is 0.407 e. The van der Waals surface area contributed by atoms with E-state index in [-0.39, 0.29) is 60.3 Å². The number of benzene rings is 2. The molecule has 4 rings (SSSR count). The molecule has 232 valence electrons. The van der Waals surface area contributed by atoms with Gasteiger partial charge in [0, 0.05) is 25.6 Å². The fraction of sp³-hybridized carbons (Fsp3) is 0.567. The average molecular weight is 623 g/mol. The molecule has 1 heterocycles. The second-order valence-corrected chi connectivity index (χ2v) is 15.7. The van der Waals surface area contributed by atoms with Gasteiger partial charge < -0.3 is 19.8 Å². The summed E-state index contributed by atoms with van der Waals surface area (Å²) in [5.74, 6) is 0.148. The van der Waals surface area contributed by atoms with Gasteiger partial charge in [-0.2, -0.15) is 4.31 Å². The summed E-state index contributed by atoms with van der Waals surface area (Å²) < 4.78 is 58.7. The highest BCUT2D eigenvalue weighted by atomic mass is 32.2. The third-order valence-electron chi connectivity index (χ3n) is 8.46. The predicted molar refractivity (Wildman–Crippen MR) is 160 cm³/mol. The van der Waals surface area contributed by atoms with E-state index in [0.29, 0.717) is 18.6 Å². The maximum atomic E-state index is 13.7. The Balaban J connectivity index is 1.54. The number of hydrogen-bond acceptors (Lipinski definition) is 7. The van der Waals surface area contributed by atoms with Crippen LogP contribution in [0.2, 0.25) is 0 Å². The summed E-state index contributed by atoms with van der Waals surface area (Å²) >= 11 is 0. The Labute approximate surface area is 249 Å². The molecule has 0 aromatic heterocycles. The summed E-state index contributed by atoms with van der Waals surface area (Å²) in [6, 6.07) is 15.3. The molecule has 12 heteroatoms. The first-order valence-corrected chi connectivity index (χ1v) is 17.8. The zero-order chi connectivity index (χ0) is 30.3. The lowest BCUT2D eigenvalue weighted by Crippen LogP contribution is -2.47. The summed E-state index contributed by atoms with van der Waals surface area (Å²) in [5.41, 5.74) is 0.838. The van der Waals surface area contributed by atoms with Crippen molar-refractivity contribution in [3.05, 3.63) is 60.2 Å². The fourth-order valence-corrected chi connectivity index (χ4v) is 9.64. The highest BCUT2D eigenvalue weighted by Crippen LogP contribution is 2.34. The standard InChI is InChI=1S/C30H42N2O8S2/c1-40-27-13-15-28(16-14-27)42(38,39)32(18-23-8-5-6-9-23)20-26(33)19-31(30(34)35)21-29(24-10-3-2-4-11-24)25-12-7-17-41(36,37)22-25/h2-4,10-11,13-16,23,25-26,29,33H,5-9,12,17-22H2,1H3,(H,34,35)/t25?,26-,29?/m0/s1. The topological polar surface area (TPSA) is 142 Å². The number of amides is 1. The molecule has 1 saturated heterocycles. The van der Waals surface area contributed by atoms with E-state index in [0.717, 1.165) is 36.1 Å². The molecule has 0 bridgehead atoms.